The molecule has 0 bridgehead atoms. The second-order valence-corrected chi connectivity index (χ2v) is 4.84. The third-order valence-corrected chi connectivity index (χ3v) is 3.26. The first-order valence-corrected chi connectivity index (χ1v) is 5.94. The largest absolute Gasteiger partial charge is 0.460 e. The summed E-state index contributed by atoms with van der Waals surface area (Å²) in [6, 6.07) is -3.17. The zero-order chi connectivity index (χ0) is 16.6. The van der Waals surface area contributed by atoms with Crippen LogP contribution in [0, 0.1) is 0 Å². The van der Waals surface area contributed by atoms with Gasteiger partial charge in [-0.2, -0.15) is 35.1 Å². The molecule has 0 aliphatic carbocycles. The van der Waals surface area contributed by atoms with E-state index in [0.717, 1.165) is 6.92 Å². The van der Waals surface area contributed by atoms with Crippen molar-refractivity contribution in [2.24, 2.45) is 0 Å². The summed E-state index contributed by atoms with van der Waals surface area (Å²) in [5.74, 6) is -4.27. The number of rotatable bonds is 3. The van der Waals surface area contributed by atoms with Crippen LogP contribution in [0.4, 0.5) is 35.1 Å². The lowest BCUT2D eigenvalue weighted by Gasteiger charge is -2.42. The molecular formula is C11H14F8N2. The van der Waals surface area contributed by atoms with Crippen LogP contribution in [0.2, 0.25) is 0 Å². The van der Waals surface area contributed by atoms with Crippen LogP contribution in [0.15, 0.2) is 12.2 Å². The van der Waals surface area contributed by atoms with Crippen molar-refractivity contribution in [2.75, 3.05) is 26.2 Å². The predicted octanol–water partition coefficient (Wildman–Crippen LogP) is 3.27. The van der Waals surface area contributed by atoms with Crippen molar-refractivity contribution in [1.29, 1.82) is 0 Å². The fraction of sp³-hybridized carbons (Fsp3) is 0.818. The molecule has 1 rings (SSSR count). The van der Waals surface area contributed by atoms with Crippen molar-refractivity contribution in [1.82, 2.24) is 9.80 Å². The normalized spacial score (nSPS) is 21.4. The van der Waals surface area contributed by atoms with Gasteiger partial charge in [0.05, 0.1) is 0 Å². The summed E-state index contributed by atoms with van der Waals surface area (Å²) in [6.45, 7) is 0.504. The summed E-state index contributed by atoms with van der Waals surface area (Å²) in [5.41, 5.74) is -0.983. The molecule has 1 atom stereocenters. The molecule has 0 aromatic carbocycles. The second-order valence-electron chi connectivity index (χ2n) is 4.84. The Morgan fingerprint density at radius 2 is 1.33 bits per heavy atom. The Bertz CT molecular complexity index is 379. The third kappa shape index (κ3) is 4.06. The van der Waals surface area contributed by atoms with E-state index in [1.54, 1.807) is 0 Å². The first-order valence-electron chi connectivity index (χ1n) is 5.94. The molecule has 0 amide bonds. The molecule has 124 valence electrons. The summed E-state index contributed by atoms with van der Waals surface area (Å²) in [7, 11) is 0. The first-order chi connectivity index (χ1) is 9.28. The van der Waals surface area contributed by atoms with E-state index in [-0.39, 0.29) is 4.90 Å². The number of hydrogen-bond donors (Lipinski definition) is 0. The molecule has 0 N–H and O–H groups in total. The number of alkyl halides is 8. The lowest BCUT2D eigenvalue weighted by molar-refractivity contribution is -0.270. The number of piperazine rings is 1. The van der Waals surface area contributed by atoms with E-state index in [1.165, 1.54) is 0 Å². The zero-order valence-electron chi connectivity index (χ0n) is 11.0. The van der Waals surface area contributed by atoms with Gasteiger partial charge in [0.15, 0.2) is 6.04 Å². The maximum Gasteiger partial charge on any atom is 0.460 e. The zero-order valence-corrected chi connectivity index (χ0v) is 11.0. The fourth-order valence-electron chi connectivity index (χ4n) is 2.11. The van der Waals surface area contributed by atoms with E-state index in [1.807, 2.05) is 0 Å². The van der Waals surface area contributed by atoms with Crippen molar-refractivity contribution < 1.29 is 35.1 Å². The van der Waals surface area contributed by atoms with Crippen molar-refractivity contribution in [3.8, 4) is 0 Å². The summed E-state index contributed by atoms with van der Waals surface area (Å²) < 4.78 is 103. The Morgan fingerprint density at radius 1 is 0.905 bits per heavy atom. The van der Waals surface area contributed by atoms with Gasteiger partial charge in [0, 0.05) is 26.2 Å². The highest BCUT2D eigenvalue weighted by Gasteiger charge is 2.59. The monoisotopic (exact) mass is 326 g/mol. The molecule has 0 radical (unpaired) electrons. The van der Waals surface area contributed by atoms with E-state index >= 15 is 0 Å². The SMILES string of the molecule is C=C(C)C(F)(F)[C@H](N1CCN(C(F)(F)F)CC1)C(F)(F)F. The Balaban J connectivity index is 2.92. The van der Waals surface area contributed by atoms with Crippen LogP contribution < -0.4 is 0 Å². The van der Waals surface area contributed by atoms with Crippen molar-refractivity contribution >= 4 is 0 Å². The van der Waals surface area contributed by atoms with Crippen molar-refractivity contribution in [3.63, 3.8) is 0 Å². The van der Waals surface area contributed by atoms with E-state index in [2.05, 4.69) is 6.58 Å². The Hall–Kier alpha value is -0.900. The first kappa shape index (κ1) is 18.1. The second kappa shape index (κ2) is 5.71. The molecule has 2 nitrogen and oxygen atoms in total. The number of hydrogen-bond acceptors (Lipinski definition) is 2. The average molecular weight is 326 g/mol. The number of nitrogens with zero attached hydrogens (tertiary/aromatic N) is 2. The highest BCUT2D eigenvalue weighted by atomic mass is 19.4. The molecule has 1 aliphatic rings. The highest BCUT2D eigenvalue weighted by Crippen LogP contribution is 2.40. The minimum Gasteiger partial charge on any atom is -0.284 e. The molecule has 1 saturated heterocycles. The van der Waals surface area contributed by atoms with Gasteiger partial charge in [0.25, 0.3) is 5.92 Å². The summed E-state index contributed by atoms with van der Waals surface area (Å²) in [5, 5.41) is 0. The Labute approximate surface area is 116 Å². The maximum absolute atomic E-state index is 13.7. The lowest BCUT2D eigenvalue weighted by Crippen LogP contribution is -2.62. The standard InChI is InChI=1S/C11H14F8N2/c1-7(2)9(12,13)8(10(14,15)16)20-3-5-21(6-4-20)11(17,18)19/h8H,1,3-6H2,2H3/t8-/m0/s1. The van der Waals surface area contributed by atoms with Crippen LogP contribution in [0.25, 0.3) is 0 Å². The van der Waals surface area contributed by atoms with Crippen LogP contribution in [-0.2, 0) is 0 Å². The van der Waals surface area contributed by atoms with Crippen molar-refractivity contribution in [3.05, 3.63) is 12.2 Å². The minimum atomic E-state index is -5.27. The van der Waals surface area contributed by atoms with Gasteiger partial charge >= 0.3 is 12.5 Å². The summed E-state index contributed by atoms with van der Waals surface area (Å²) >= 11 is 0. The molecule has 0 aromatic heterocycles. The van der Waals surface area contributed by atoms with Gasteiger partial charge in [-0.3, -0.25) is 4.90 Å². The average Bonchev–Trinajstić information content (AvgIpc) is 2.25. The van der Waals surface area contributed by atoms with E-state index in [4.69, 9.17) is 0 Å². The van der Waals surface area contributed by atoms with Crippen LogP contribution in [-0.4, -0.2) is 60.4 Å². The maximum atomic E-state index is 13.7. The van der Waals surface area contributed by atoms with Gasteiger partial charge in [-0.1, -0.05) is 6.58 Å². The van der Waals surface area contributed by atoms with Crippen LogP contribution in [0.5, 0.6) is 0 Å². The topological polar surface area (TPSA) is 6.48 Å². The highest BCUT2D eigenvalue weighted by molar-refractivity contribution is 5.12. The molecule has 0 spiro atoms. The third-order valence-electron chi connectivity index (χ3n) is 3.26. The van der Waals surface area contributed by atoms with E-state index in [0.29, 0.717) is 4.90 Å². The van der Waals surface area contributed by atoms with Gasteiger partial charge in [0.1, 0.15) is 0 Å². The smallest absolute Gasteiger partial charge is 0.284 e. The summed E-state index contributed by atoms with van der Waals surface area (Å²) in [6.07, 6.45) is -9.96. The molecule has 1 heterocycles. The molecule has 0 saturated carbocycles. The van der Waals surface area contributed by atoms with E-state index in [9.17, 15) is 35.1 Å². The van der Waals surface area contributed by atoms with Crippen LogP contribution in [0.1, 0.15) is 6.92 Å². The summed E-state index contributed by atoms with van der Waals surface area (Å²) in [4.78, 5) is 0.326. The van der Waals surface area contributed by atoms with Gasteiger partial charge < -0.3 is 0 Å². The van der Waals surface area contributed by atoms with E-state index < -0.39 is 56.2 Å². The molecule has 10 heteroatoms. The molecule has 1 fully saturated rings. The molecular weight excluding hydrogens is 312 g/mol. The lowest BCUT2D eigenvalue weighted by atomic mass is 10.0. The molecule has 1 aliphatic heterocycles. The fourth-order valence-corrected chi connectivity index (χ4v) is 2.11. The van der Waals surface area contributed by atoms with Crippen LogP contribution >= 0.6 is 0 Å². The Morgan fingerprint density at radius 3 is 1.62 bits per heavy atom. The van der Waals surface area contributed by atoms with Gasteiger partial charge in [-0.05, 0) is 12.5 Å². The molecule has 0 unspecified atom stereocenters. The quantitative estimate of drug-likeness (QED) is 0.446. The number of halogens is 8. The van der Waals surface area contributed by atoms with Crippen molar-refractivity contribution in [2.45, 2.75) is 31.4 Å². The molecule has 21 heavy (non-hydrogen) atoms. The minimum absolute atomic E-state index is 0.00412. The Kier molecular flexibility index (Phi) is 4.94. The van der Waals surface area contributed by atoms with Crippen LogP contribution in [0.3, 0.4) is 0 Å². The predicted molar refractivity (Wildman–Crippen MR) is 58.8 cm³/mol. The van der Waals surface area contributed by atoms with Gasteiger partial charge in [-0.25, -0.2) is 4.90 Å². The molecule has 0 aromatic rings. The van der Waals surface area contributed by atoms with Gasteiger partial charge in [0.2, 0.25) is 0 Å². The van der Waals surface area contributed by atoms with Gasteiger partial charge in [-0.15, -0.1) is 0 Å².